The Morgan fingerprint density at radius 1 is 1.04 bits per heavy atom. The molecule has 0 N–H and O–H groups in total. The van der Waals surface area contributed by atoms with Gasteiger partial charge in [-0.25, -0.2) is 9.97 Å². The van der Waals surface area contributed by atoms with Crippen molar-refractivity contribution in [1.82, 2.24) is 19.8 Å². The van der Waals surface area contributed by atoms with E-state index in [1.807, 2.05) is 0 Å². The van der Waals surface area contributed by atoms with Gasteiger partial charge < -0.3 is 4.90 Å². The number of amides is 2. The Morgan fingerprint density at radius 2 is 1.77 bits per heavy atom. The van der Waals surface area contributed by atoms with Crippen LogP contribution in [0.1, 0.15) is 24.6 Å². The van der Waals surface area contributed by atoms with E-state index < -0.39 is 0 Å². The molecular weight excluding hydrogens is 350 g/mol. The maximum absolute atomic E-state index is 11.7. The van der Waals surface area contributed by atoms with Crippen molar-refractivity contribution in [2.24, 2.45) is 0 Å². The highest BCUT2D eigenvalue weighted by molar-refractivity contribution is 7.18. The summed E-state index contributed by atoms with van der Waals surface area (Å²) in [6.07, 6.45) is 3.42. The second-order valence-corrected chi connectivity index (χ2v) is 7.87. The first-order valence-electron chi connectivity index (χ1n) is 9.19. The Labute approximate surface area is 156 Å². The van der Waals surface area contributed by atoms with Gasteiger partial charge in [0.05, 0.1) is 5.39 Å². The number of carbonyl (C=O) groups excluding carboxylic acids is 2. The molecule has 0 spiro atoms. The first-order chi connectivity index (χ1) is 12.7. The lowest BCUT2D eigenvalue weighted by Crippen LogP contribution is -2.49. The van der Waals surface area contributed by atoms with Gasteiger partial charge in [-0.3, -0.25) is 19.4 Å². The van der Waals surface area contributed by atoms with Crippen LogP contribution in [0.4, 0.5) is 5.82 Å². The standard InChI is InChI=1S/C18H23N5O2S/c1-2-13-11-14-17(19-12-20-18(14)26-13)22-8-5-21(6-9-22)7-10-23-15(24)3-4-16(23)25/h11-12H,2-10H2,1H3. The van der Waals surface area contributed by atoms with Crippen LogP contribution in [0.2, 0.25) is 0 Å². The summed E-state index contributed by atoms with van der Waals surface area (Å²) in [6, 6.07) is 2.21. The van der Waals surface area contributed by atoms with Crippen molar-refractivity contribution in [3.63, 3.8) is 0 Å². The van der Waals surface area contributed by atoms with E-state index in [1.54, 1.807) is 17.7 Å². The number of fused-ring (bicyclic) bond motifs is 1. The van der Waals surface area contributed by atoms with Crippen LogP contribution in [0.3, 0.4) is 0 Å². The summed E-state index contributed by atoms with van der Waals surface area (Å²) >= 11 is 1.74. The van der Waals surface area contributed by atoms with E-state index in [2.05, 4.69) is 32.8 Å². The van der Waals surface area contributed by atoms with E-state index in [1.165, 1.54) is 9.78 Å². The van der Waals surface area contributed by atoms with Crippen molar-refractivity contribution >= 4 is 39.2 Å². The number of imide groups is 1. The van der Waals surface area contributed by atoms with Gasteiger partial charge in [-0.1, -0.05) is 6.92 Å². The molecule has 4 rings (SSSR count). The Hall–Kier alpha value is -2.06. The largest absolute Gasteiger partial charge is 0.353 e. The highest BCUT2D eigenvalue weighted by Gasteiger charge is 2.29. The molecule has 26 heavy (non-hydrogen) atoms. The highest BCUT2D eigenvalue weighted by Crippen LogP contribution is 2.30. The lowest BCUT2D eigenvalue weighted by atomic mass is 10.2. The van der Waals surface area contributed by atoms with Crippen LogP contribution in [-0.2, 0) is 16.0 Å². The zero-order chi connectivity index (χ0) is 18.1. The molecule has 2 saturated heterocycles. The molecule has 2 fully saturated rings. The molecule has 0 radical (unpaired) electrons. The number of likely N-dealkylation sites (tertiary alicyclic amines) is 1. The fourth-order valence-electron chi connectivity index (χ4n) is 3.62. The lowest BCUT2D eigenvalue weighted by Gasteiger charge is -2.36. The Bertz CT molecular complexity index is 812. The van der Waals surface area contributed by atoms with E-state index in [4.69, 9.17) is 0 Å². The number of carbonyl (C=O) groups is 2. The van der Waals surface area contributed by atoms with Crippen LogP contribution >= 0.6 is 11.3 Å². The molecule has 2 amide bonds. The first-order valence-corrected chi connectivity index (χ1v) is 10.0. The van der Waals surface area contributed by atoms with E-state index >= 15 is 0 Å². The second kappa shape index (κ2) is 7.28. The molecule has 2 aromatic heterocycles. The lowest BCUT2D eigenvalue weighted by molar-refractivity contribution is -0.138. The molecule has 2 aliphatic rings. The van der Waals surface area contributed by atoms with Gasteiger partial charge in [-0.05, 0) is 12.5 Å². The normalized spacial score (nSPS) is 19.1. The second-order valence-electron chi connectivity index (χ2n) is 6.75. The number of aromatic nitrogens is 2. The maximum atomic E-state index is 11.7. The van der Waals surface area contributed by atoms with Gasteiger partial charge in [0.2, 0.25) is 11.8 Å². The zero-order valence-corrected chi connectivity index (χ0v) is 15.8. The Kier molecular flexibility index (Phi) is 4.86. The molecule has 0 aromatic carbocycles. The number of hydrogen-bond acceptors (Lipinski definition) is 7. The summed E-state index contributed by atoms with van der Waals surface area (Å²) in [5.74, 6) is 0.970. The number of piperazine rings is 1. The van der Waals surface area contributed by atoms with Gasteiger partial charge in [0.15, 0.2) is 0 Å². The average Bonchev–Trinajstić information content (AvgIpc) is 3.23. The first kappa shape index (κ1) is 17.4. The fourth-order valence-corrected chi connectivity index (χ4v) is 4.55. The summed E-state index contributed by atoms with van der Waals surface area (Å²) < 4.78 is 0. The van der Waals surface area contributed by atoms with E-state index in [9.17, 15) is 9.59 Å². The van der Waals surface area contributed by atoms with Crippen molar-refractivity contribution in [3.8, 4) is 0 Å². The van der Waals surface area contributed by atoms with Gasteiger partial charge in [-0.15, -0.1) is 11.3 Å². The molecule has 0 aliphatic carbocycles. The van der Waals surface area contributed by atoms with Crippen LogP contribution < -0.4 is 4.90 Å². The van der Waals surface area contributed by atoms with Crippen LogP contribution in [0.5, 0.6) is 0 Å². The number of aryl methyl sites for hydroxylation is 1. The molecule has 0 saturated carbocycles. The molecule has 2 aliphatic heterocycles. The van der Waals surface area contributed by atoms with Gasteiger partial charge in [0.25, 0.3) is 0 Å². The number of hydrogen-bond donors (Lipinski definition) is 0. The van der Waals surface area contributed by atoms with E-state index in [0.717, 1.165) is 55.2 Å². The van der Waals surface area contributed by atoms with E-state index in [-0.39, 0.29) is 11.8 Å². The van der Waals surface area contributed by atoms with Crippen LogP contribution in [0.25, 0.3) is 10.2 Å². The summed E-state index contributed by atoms with van der Waals surface area (Å²) in [7, 11) is 0. The minimum absolute atomic E-state index is 0.0267. The molecule has 4 heterocycles. The van der Waals surface area contributed by atoms with Crippen molar-refractivity contribution in [2.75, 3.05) is 44.2 Å². The molecule has 0 unspecified atom stereocenters. The number of thiophene rings is 1. The summed E-state index contributed by atoms with van der Waals surface area (Å²) in [4.78, 5) is 40.8. The SMILES string of the molecule is CCc1cc2c(N3CCN(CCN4C(=O)CCC4=O)CC3)ncnc2s1. The van der Waals surface area contributed by atoms with Crippen molar-refractivity contribution in [2.45, 2.75) is 26.2 Å². The third kappa shape index (κ3) is 3.31. The van der Waals surface area contributed by atoms with Gasteiger partial charge in [-0.2, -0.15) is 0 Å². The van der Waals surface area contributed by atoms with Crippen LogP contribution in [-0.4, -0.2) is 70.9 Å². The van der Waals surface area contributed by atoms with Gasteiger partial charge in [0, 0.05) is 57.0 Å². The van der Waals surface area contributed by atoms with E-state index in [0.29, 0.717) is 19.4 Å². The molecule has 7 nitrogen and oxygen atoms in total. The van der Waals surface area contributed by atoms with Crippen LogP contribution in [0, 0.1) is 0 Å². The quantitative estimate of drug-likeness (QED) is 0.741. The molecule has 0 bridgehead atoms. The average molecular weight is 373 g/mol. The molecule has 8 heteroatoms. The monoisotopic (exact) mass is 373 g/mol. The summed E-state index contributed by atoms with van der Waals surface area (Å²) in [6.45, 7) is 7.03. The summed E-state index contributed by atoms with van der Waals surface area (Å²) in [5, 5.41) is 1.15. The number of nitrogens with zero attached hydrogens (tertiary/aromatic N) is 5. The topological polar surface area (TPSA) is 69.6 Å². The van der Waals surface area contributed by atoms with Crippen molar-refractivity contribution in [1.29, 1.82) is 0 Å². The summed E-state index contributed by atoms with van der Waals surface area (Å²) in [5.41, 5.74) is 0. The molecule has 138 valence electrons. The zero-order valence-electron chi connectivity index (χ0n) is 15.0. The molecule has 2 aromatic rings. The minimum Gasteiger partial charge on any atom is -0.353 e. The van der Waals surface area contributed by atoms with Gasteiger partial charge >= 0.3 is 0 Å². The predicted octanol–water partition coefficient (Wildman–Crippen LogP) is 1.52. The molecule has 0 atom stereocenters. The Balaban J connectivity index is 1.37. The maximum Gasteiger partial charge on any atom is 0.229 e. The fraction of sp³-hybridized carbons (Fsp3) is 0.556. The molecular formula is C18H23N5O2S. The number of rotatable bonds is 5. The smallest absolute Gasteiger partial charge is 0.229 e. The third-order valence-corrected chi connectivity index (χ3v) is 6.36. The Morgan fingerprint density at radius 3 is 2.46 bits per heavy atom. The van der Waals surface area contributed by atoms with Gasteiger partial charge in [0.1, 0.15) is 17.0 Å². The highest BCUT2D eigenvalue weighted by atomic mass is 32.1. The van der Waals surface area contributed by atoms with Crippen LogP contribution in [0.15, 0.2) is 12.4 Å². The predicted molar refractivity (Wildman–Crippen MR) is 101 cm³/mol. The van der Waals surface area contributed by atoms with Crippen molar-refractivity contribution in [3.05, 3.63) is 17.3 Å². The third-order valence-electron chi connectivity index (χ3n) is 5.17. The van der Waals surface area contributed by atoms with Crippen molar-refractivity contribution < 1.29 is 9.59 Å². The number of anilines is 1. The minimum atomic E-state index is -0.0267.